The minimum Gasteiger partial charge on any atom is -0.393 e. The van der Waals surface area contributed by atoms with Gasteiger partial charge in [0.25, 0.3) is 0 Å². The predicted octanol–water partition coefficient (Wildman–Crippen LogP) is 2.81. The van der Waals surface area contributed by atoms with Crippen molar-refractivity contribution >= 4 is 29.1 Å². The van der Waals surface area contributed by atoms with Gasteiger partial charge in [0.05, 0.1) is 12.5 Å². The van der Waals surface area contributed by atoms with Crippen LogP contribution in [0.25, 0.3) is 0 Å². The van der Waals surface area contributed by atoms with E-state index in [9.17, 15) is 9.90 Å². The van der Waals surface area contributed by atoms with Crippen molar-refractivity contribution in [2.75, 3.05) is 6.54 Å². The second-order valence-corrected chi connectivity index (χ2v) is 5.89. The summed E-state index contributed by atoms with van der Waals surface area (Å²) in [6.45, 7) is 0.626. The Bertz CT molecular complexity index is 465. The average Bonchev–Trinajstić information content (AvgIpc) is 2.76. The number of halogens is 2. The number of carbonyl (C=O) groups excluding carboxylic acids is 1. The lowest BCUT2D eigenvalue weighted by atomic mass is 10.1. The summed E-state index contributed by atoms with van der Waals surface area (Å²) in [5.74, 6) is 0.338. The summed E-state index contributed by atoms with van der Waals surface area (Å²) >= 11 is 11.8. The second kappa shape index (κ2) is 6.60. The fraction of sp³-hybridized carbons (Fsp3) is 0.500. The molecule has 1 saturated carbocycles. The van der Waals surface area contributed by atoms with Crippen molar-refractivity contribution in [1.82, 2.24) is 5.32 Å². The molecule has 0 saturated heterocycles. The molecule has 2 atom stereocenters. The van der Waals surface area contributed by atoms with Crippen molar-refractivity contribution in [2.45, 2.75) is 31.8 Å². The van der Waals surface area contributed by atoms with Crippen LogP contribution in [-0.4, -0.2) is 23.7 Å². The van der Waals surface area contributed by atoms with Crippen LogP contribution in [0.15, 0.2) is 18.2 Å². The number of rotatable bonds is 4. The van der Waals surface area contributed by atoms with Gasteiger partial charge in [-0.3, -0.25) is 4.79 Å². The lowest BCUT2D eigenvalue weighted by Gasteiger charge is -2.11. The highest BCUT2D eigenvalue weighted by atomic mass is 35.5. The van der Waals surface area contributed by atoms with Gasteiger partial charge in [-0.1, -0.05) is 29.3 Å². The molecule has 0 aliphatic heterocycles. The van der Waals surface area contributed by atoms with E-state index in [2.05, 4.69) is 5.32 Å². The van der Waals surface area contributed by atoms with Crippen molar-refractivity contribution < 1.29 is 9.90 Å². The standard InChI is InChI=1S/C14H17Cl2NO2/c15-11-3-2-10(13(16)7-11)6-14(19)17-8-9-1-4-12(18)5-9/h2-3,7,9,12,18H,1,4-6,8H2,(H,17,19). The molecule has 104 valence electrons. The van der Waals surface area contributed by atoms with Gasteiger partial charge in [0.1, 0.15) is 0 Å². The molecule has 2 N–H and O–H groups in total. The number of amides is 1. The van der Waals surface area contributed by atoms with E-state index < -0.39 is 0 Å². The van der Waals surface area contributed by atoms with Crippen LogP contribution in [0.5, 0.6) is 0 Å². The highest BCUT2D eigenvalue weighted by molar-refractivity contribution is 6.35. The third-order valence-corrected chi connectivity index (χ3v) is 4.05. The van der Waals surface area contributed by atoms with Gasteiger partial charge in [0.2, 0.25) is 5.91 Å². The van der Waals surface area contributed by atoms with Crippen LogP contribution in [0.3, 0.4) is 0 Å². The number of benzene rings is 1. The number of hydrogen-bond acceptors (Lipinski definition) is 2. The largest absolute Gasteiger partial charge is 0.393 e. The summed E-state index contributed by atoms with van der Waals surface area (Å²) in [6, 6.07) is 5.13. The Kier molecular flexibility index (Phi) is 5.08. The molecule has 0 heterocycles. The van der Waals surface area contributed by atoms with Crippen LogP contribution in [0, 0.1) is 5.92 Å². The summed E-state index contributed by atoms with van der Waals surface area (Å²) in [6.07, 6.45) is 2.65. The third-order valence-electron chi connectivity index (χ3n) is 3.47. The van der Waals surface area contributed by atoms with E-state index >= 15 is 0 Å². The number of hydrogen-bond donors (Lipinski definition) is 2. The van der Waals surface area contributed by atoms with Gasteiger partial charge >= 0.3 is 0 Å². The van der Waals surface area contributed by atoms with E-state index in [1.165, 1.54) is 0 Å². The topological polar surface area (TPSA) is 49.3 Å². The lowest BCUT2D eigenvalue weighted by Crippen LogP contribution is -2.30. The highest BCUT2D eigenvalue weighted by Gasteiger charge is 2.22. The van der Waals surface area contributed by atoms with E-state index in [1.807, 2.05) is 0 Å². The Morgan fingerprint density at radius 3 is 2.79 bits per heavy atom. The normalized spacial score (nSPS) is 22.5. The second-order valence-electron chi connectivity index (χ2n) is 5.05. The molecule has 3 nitrogen and oxygen atoms in total. The molecule has 2 unspecified atom stereocenters. The average molecular weight is 302 g/mol. The van der Waals surface area contributed by atoms with E-state index in [0.29, 0.717) is 22.5 Å². The minimum atomic E-state index is -0.201. The van der Waals surface area contributed by atoms with E-state index in [0.717, 1.165) is 24.8 Å². The molecule has 1 aromatic rings. The van der Waals surface area contributed by atoms with Crippen LogP contribution in [0.1, 0.15) is 24.8 Å². The van der Waals surface area contributed by atoms with Gasteiger partial charge in [-0.15, -0.1) is 0 Å². The summed E-state index contributed by atoms with van der Waals surface area (Å²) < 4.78 is 0. The van der Waals surface area contributed by atoms with E-state index in [-0.39, 0.29) is 18.4 Å². The van der Waals surface area contributed by atoms with Gasteiger partial charge in [0, 0.05) is 16.6 Å². The molecule has 1 aromatic carbocycles. The van der Waals surface area contributed by atoms with Crippen molar-refractivity contribution in [2.24, 2.45) is 5.92 Å². The first-order valence-corrected chi connectivity index (χ1v) is 7.19. The highest BCUT2D eigenvalue weighted by Crippen LogP contribution is 2.25. The first-order chi connectivity index (χ1) is 9.04. The first kappa shape index (κ1) is 14.6. The Labute approximate surface area is 122 Å². The molecule has 1 aliphatic carbocycles. The fourth-order valence-corrected chi connectivity index (χ4v) is 2.87. The molecule has 0 aromatic heterocycles. The van der Waals surface area contributed by atoms with Crippen molar-refractivity contribution in [1.29, 1.82) is 0 Å². The quantitative estimate of drug-likeness (QED) is 0.898. The Balaban J connectivity index is 1.81. The zero-order valence-corrected chi connectivity index (χ0v) is 12.0. The maximum absolute atomic E-state index is 11.8. The molecule has 5 heteroatoms. The SMILES string of the molecule is O=C(Cc1ccc(Cl)cc1Cl)NCC1CCC(O)C1. The maximum atomic E-state index is 11.8. The first-order valence-electron chi connectivity index (χ1n) is 6.43. The number of aliphatic hydroxyl groups excluding tert-OH is 1. The molecular formula is C14H17Cl2NO2. The van der Waals surface area contributed by atoms with Gasteiger partial charge in [-0.05, 0) is 42.9 Å². The predicted molar refractivity (Wildman–Crippen MR) is 76.5 cm³/mol. The molecule has 1 aliphatic rings. The van der Waals surface area contributed by atoms with E-state index in [4.69, 9.17) is 23.2 Å². The Morgan fingerprint density at radius 2 is 2.16 bits per heavy atom. The molecule has 1 fully saturated rings. The molecule has 2 rings (SSSR count). The van der Waals surface area contributed by atoms with Gasteiger partial charge in [0.15, 0.2) is 0 Å². The van der Waals surface area contributed by atoms with Crippen LogP contribution >= 0.6 is 23.2 Å². The van der Waals surface area contributed by atoms with Gasteiger partial charge in [-0.25, -0.2) is 0 Å². The van der Waals surface area contributed by atoms with Gasteiger partial charge in [-0.2, -0.15) is 0 Å². The monoisotopic (exact) mass is 301 g/mol. The third kappa shape index (κ3) is 4.37. The number of aliphatic hydroxyl groups is 1. The zero-order valence-electron chi connectivity index (χ0n) is 10.5. The Morgan fingerprint density at radius 1 is 1.37 bits per heavy atom. The lowest BCUT2D eigenvalue weighted by molar-refractivity contribution is -0.120. The van der Waals surface area contributed by atoms with Crippen LogP contribution < -0.4 is 5.32 Å². The van der Waals surface area contributed by atoms with Crippen molar-refractivity contribution in [3.05, 3.63) is 33.8 Å². The van der Waals surface area contributed by atoms with Crippen LogP contribution in [0.2, 0.25) is 10.0 Å². The molecule has 0 spiro atoms. The summed E-state index contributed by atoms with van der Waals surface area (Å²) in [4.78, 5) is 11.8. The van der Waals surface area contributed by atoms with Crippen LogP contribution in [-0.2, 0) is 11.2 Å². The van der Waals surface area contributed by atoms with Crippen LogP contribution in [0.4, 0.5) is 0 Å². The Hall–Kier alpha value is -0.770. The molecule has 0 radical (unpaired) electrons. The van der Waals surface area contributed by atoms with Gasteiger partial charge < -0.3 is 10.4 Å². The molecule has 1 amide bonds. The molecular weight excluding hydrogens is 285 g/mol. The summed E-state index contributed by atoms with van der Waals surface area (Å²) in [5, 5.41) is 13.4. The van der Waals surface area contributed by atoms with Crippen molar-refractivity contribution in [3.8, 4) is 0 Å². The zero-order chi connectivity index (χ0) is 13.8. The smallest absolute Gasteiger partial charge is 0.224 e. The van der Waals surface area contributed by atoms with Crippen molar-refractivity contribution in [3.63, 3.8) is 0 Å². The summed E-state index contributed by atoms with van der Waals surface area (Å²) in [5.41, 5.74) is 0.773. The number of nitrogens with one attached hydrogen (secondary N) is 1. The molecule has 0 bridgehead atoms. The molecule has 19 heavy (non-hydrogen) atoms. The minimum absolute atomic E-state index is 0.0504. The van der Waals surface area contributed by atoms with E-state index in [1.54, 1.807) is 18.2 Å². The maximum Gasteiger partial charge on any atom is 0.224 e. The fourth-order valence-electron chi connectivity index (χ4n) is 2.39. The number of carbonyl (C=O) groups is 1. The summed E-state index contributed by atoms with van der Waals surface area (Å²) in [7, 11) is 0.